The topological polar surface area (TPSA) is 20.2 Å². The Morgan fingerprint density at radius 1 is 1.00 bits per heavy atom. The molecule has 2 atom stereocenters. The second-order valence-corrected chi connectivity index (χ2v) is 8.28. The normalized spacial score (nSPS) is 41.2. The van der Waals surface area contributed by atoms with Crippen molar-refractivity contribution in [2.24, 2.45) is 23.2 Å². The van der Waals surface area contributed by atoms with Crippen LogP contribution >= 0.6 is 0 Å². The third-order valence-corrected chi connectivity index (χ3v) is 6.10. The van der Waals surface area contributed by atoms with Crippen molar-refractivity contribution in [1.82, 2.24) is 0 Å². The Morgan fingerprint density at radius 2 is 1.63 bits per heavy atom. The molecule has 0 amide bonds. The van der Waals surface area contributed by atoms with Gasteiger partial charge >= 0.3 is 0 Å². The highest BCUT2D eigenvalue weighted by Crippen LogP contribution is 2.51. The fourth-order valence-corrected chi connectivity index (χ4v) is 4.92. The van der Waals surface area contributed by atoms with Crippen LogP contribution in [-0.2, 0) is 0 Å². The Kier molecular flexibility index (Phi) is 4.65. The molecule has 19 heavy (non-hydrogen) atoms. The van der Waals surface area contributed by atoms with Gasteiger partial charge in [0.05, 0.1) is 5.60 Å². The molecule has 2 unspecified atom stereocenters. The molecule has 2 rings (SSSR count). The van der Waals surface area contributed by atoms with Gasteiger partial charge in [0.1, 0.15) is 0 Å². The van der Waals surface area contributed by atoms with Gasteiger partial charge in [-0.3, -0.25) is 0 Å². The van der Waals surface area contributed by atoms with E-state index < -0.39 is 0 Å². The van der Waals surface area contributed by atoms with Gasteiger partial charge in [-0.2, -0.15) is 0 Å². The molecule has 0 spiro atoms. The van der Waals surface area contributed by atoms with Crippen molar-refractivity contribution < 1.29 is 5.11 Å². The van der Waals surface area contributed by atoms with Gasteiger partial charge in [0, 0.05) is 0 Å². The molecule has 1 heteroatoms. The first-order valence-corrected chi connectivity index (χ1v) is 8.60. The number of rotatable bonds is 2. The lowest BCUT2D eigenvalue weighted by Gasteiger charge is -2.52. The molecule has 0 heterocycles. The number of aliphatic hydroxyl groups is 1. The predicted octanol–water partition coefficient (Wildman–Crippen LogP) is 5.17. The van der Waals surface area contributed by atoms with Gasteiger partial charge in [0.25, 0.3) is 0 Å². The molecule has 112 valence electrons. The first kappa shape index (κ1) is 15.4. The Labute approximate surface area is 120 Å². The van der Waals surface area contributed by atoms with Gasteiger partial charge in [-0.15, -0.1) is 0 Å². The van der Waals surface area contributed by atoms with E-state index in [0.29, 0.717) is 11.8 Å². The van der Waals surface area contributed by atoms with Crippen LogP contribution in [0.4, 0.5) is 0 Å². The fraction of sp³-hybridized carbons (Fsp3) is 1.00. The van der Waals surface area contributed by atoms with E-state index in [4.69, 9.17) is 0 Å². The highest BCUT2D eigenvalue weighted by atomic mass is 16.3. The molecular weight excluding hydrogens is 232 g/mol. The molecule has 2 aliphatic rings. The van der Waals surface area contributed by atoms with E-state index in [2.05, 4.69) is 27.7 Å². The minimum absolute atomic E-state index is 0.247. The molecule has 2 aliphatic carbocycles. The van der Waals surface area contributed by atoms with Crippen molar-refractivity contribution in [2.45, 2.75) is 91.1 Å². The lowest BCUT2D eigenvalue weighted by molar-refractivity contribution is -0.139. The molecule has 0 aromatic carbocycles. The molecular formula is C18H34O. The van der Waals surface area contributed by atoms with Gasteiger partial charge in [0.2, 0.25) is 0 Å². The summed E-state index contributed by atoms with van der Waals surface area (Å²) < 4.78 is 0. The third-order valence-electron chi connectivity index (χ3n) is 6.10. The molecule has 0 radical (unpaired) electrons. The minimum Gasteiger partial charge on any atom is -0.389 e. The summed E-state index contributed by atoms with van der Waals surface area (Å²) in [7, 11) is 0. The van der Waals surface area contributed by atoms with Crippen LogP contribution in [-0.4, -0.2) is 10.7 Å². The summed E-state index contributed by atoms with van der Waals surface area (Å²) in [6.07, 6.45) is 11.4. The van der Waals surface area contributed by atoms with Crippen molar-refractivity contribution in [2.75, 3.05) is 0 Å². The minimum atomic E-state index is -0.366. The quantitative estimate of drug-likeness (QED) is 0.731. The van der Waals surface area contributed by atoms with E-state index in [1.165, 1.54) is 51.4 Å². The summed E-state index contributed by atoms with van der Waals surface area (Å²) in [5, 5.41) is 11.5. The van der Waals surface area contributed by atoms with Crippen LogP contribution in [0.1, 0.15) is 85.5 Å². The van der Waals surface area contributed by atoms with Crippen LogP contribution in [0.25, 0.3) is 0 Å². The molecule has 2 fully saturated rings. The number of hydrogen-bond donors (Lipinski definition) is 1. The molecule has 0 bridgehead atoms. The predicted molar refractivity (Wildman–Crippen MR) is 82.1 cm³/mol. The van der Waals surface area contributed by atoms with Crippen molar-refractivity contribution in [3.8, 4) is 0 Å². The van der Waals surface area contributed by atoms with Crippen LogP contribution < -0.4 is 0 Å². The van der Waals surface area contributed by atoms with Crippen molar-refractivity contribution in [3.05, 3.63) is 0 Å². The van der Waals surface area contributed by atoms with E-state index in [-0.39, 0.29) is 11.0 Å². The Morgan fingerprint density at radius 3 is 2.16 bits per heavy atom. The second-order valence-electron chi connectivity index (χ2n) is 8.28. The van der Waals surface area contributed by atoms with Crippen LogP contribution in [0.5, 0.6) is 0 Å². The van der Waals surface area contributed by atoms with Gasteiger partial charge in [0.15, 0.2) is 0 Å². The van der Waals surface area contributed by atoms with E-state index in [0.717, 1.165) is 12.3 Å². The van der Waals surface area contributed by atoms with Crippen LogP contribution in [0.15, 0.2) is 0 Å². The highest BCUT2D eigenvalue weighted by Gasteiger charge is 2.49. The first-order chi connectivity index (χ1) is 8.88. The summed E-state index contributed by atoms with van der Waals surface area (Å²) in [6, 6.07) is 0. The van der Waals surface area contributed by atoms with Crippen LogP contribution in [0.3, 0.4) is 0 Å². The van der Waals surface area contributed by atoms with E-state index in [1.807, 2.05) is 0 Å². The van der Waals surface area contributed by atoms with Crippen molar-refractivity contribution in [1.29, 1.82) is 0 Å². The highest BCUT2D eigenvalue weighted by molar-refractivity contribution is 5.00. The lowest BCUT2D eigenvalue weighted by atomic mass is 9.57. The summed E-state index contributed by atoms with van der Waals surface area (Å²) in [6.45, 7) is 9.29. The summed E-state index contributed by atoms with van der Waals surface area (Å²) in [5.74, 6) is 1.99. The maximum Gasteiger partial charge on any atom is 0.0708 e. The SMILES string of the molecule is CCC1CCC(C2(O)CCCCC2C(C)(C)C)CC1. The molecule has 1 nitrogen and oxygen atoms in total. The van der Waals surface area contributed by atoms with E-state index in [9.17, 15) is 5.11 Å². The maximum absolute atomic E-state index is 11.5. The zero-order valence-electron chi connectivity index (χ0n) is 13.5. The first-order valence-electron chi connectivity index (χ1n) is 8.60. The Hall–Kier alpha value is -0.0400. The zero-order valence-corrected chi connectivity index (χ0v) is 13.5. The number of hydrogen-bond acceptors (Lipinski definition) is 1. The Bertz CT molecular complexity index is 283. The third kappa shape index (κ3) is 3.17. The fourth-order valence-electron chi connectivity index (χ4n) is 4.92. The molecule has 2 saturated carbocycles. The second kappa shape index (κ2) is 5.76. The van der Waals surface area contributed by atoms with Crippen molar-refractivity contribution >= 4 is 0 Å². The van der Waals surface area contributed by atoms with E-state index in [1.54, 1.807) is 0 Å². The molecule has 0 saturated heterocycles. The van der Waals surface area contributed by atoms with E-state index >= 15 is 0 Å². The molecule has 0 aromatic rings. The van der Waals surface area contributed by atoms with Gasteiger partial charge in [-0.1, -0.05) is 59.8 Å². The van der Waals surface area contributed by atoms with Gasteiger partial charge in [-0.25, -0.2) is 0 Å². The summed E-state index contributed by atoms with van der Waals surface area (Å²) in [5.41, 5.74) is -0.119. The average Bonchev–Trinajstić information content (AvgIpc) is 2.38. The molecule has 1 N–H and O–H groups in total. The zero-order chi connectivity index (χ0) is 14.1. The molecule has 0 aliphatic heterocycles. The lowest BCUT2D eigenvalue weighted by Crippen LogP contribution is -2.52. The summed E-state index contributed by atoms with van der Waals surface area (Å²) in [4.78, 5) is 0. The monoisotopic (exact) mass is 266 g/mol. The standard InChI is InChI=1S/C18H34O/c1-5-14-9-11-15(12-10-14)18(19)13-7-6-8-16(18)17(2,3)4/h14-16,19H,5-13H2,1-4H3. The Balaban J connectivity index is 2.10. The van der Waals surface area contributed by atoms with Gasteiger partial charge in [-0.05, 0) is 48.9 Å². The van der Waals surface area contributed by atoms with Crippen LogP contribution in [0.2, 0.25) is 0 Å². The molecule has 0 aromatic heterocycles. The maximum atomic E-state index is 11.5. The smallest absolute Gasteiger partial charge is 0.0708 e. The van der Waals surface area contributed by atoms with Crippen molar-refractivity contribution in [3.63, 3.8) is 0 Å². The summed E-state index contributed by atoms with van der Waals surface area (Å²) >= 11 is 0. The van der Waals surface area contributed by atoms with Gasteiger partial charge < -0.3 is 5.11 Å². The van der Waals surface area contributed by atoms with Crippen LogP contribution in [0, 0.1) is 23.2 Å². The average molecular weight is 266 g/mol. The largest absolute Gasteiger partial charge is 0.389 e.